The number of hydrogen-bond acceptors (Lipinski definition) is 6. The van der Waals surface area contributed by atoms with Crippen LogP contribution in [-0.4, -0.2) is 42.0 Å². The molecule has 3 aromatic heterocycles. The van der Waals surface area contributed by atoms with Gasteiger partial charge in [-0.1, -0.05) is 48.2 Å². The van der Waals surface area contributed by atoms with Gasteiger partial charge in [-0.2, -0.15) is 0 Å². The predicted molar refractivity (Wildman–Crippen MR) is 146 cm³/mol. The van der Waals surface area contributed by atoms with Gasteiger partial charge in [-0.15, -0.1) is 5.10 Å². The molecule has 2 bridgehead atoms. The third-order valence-corrected chi connectivity index (χ3v) is 7.16. The van der Waals surface area contributed by atoms with Gasteiger partial charge in [-0.3, -0.25) is 19.1 Å². The van der Waals surface area contributed by atoms with E-state index in [1.54, 1.807) is 41.5 Å². The molecule has 1 amide bonds. The molecule has 4 heterocycles. The molecule has 0 saturated heterocycles. The van der Waals surface area contributed by atoms with Gasteiger partial charge >= 0.3 is 0 Å². The highest BCUT2D eigenvalue weighted by atomic mass is 35.5. The van der Waals surface area contributed by atoms with Gasteiger partial charge in [0.25, 0.3) is 5.56 Å². The van der Waals surface area contributed by atoms with Gasteiger partial charge < -0.3 is 5.32 Å². The molecule has 196 valence electrons. The lowest BCUT2D eigenvalue weighted by Crippen LogP contribution is -2.31. The molecule has 0 fully saturated rings. The molecule has 9 nitrogen and oxygen atoms in total. The summed E-state index contributed by atoms with van der Waals surface area (Å²) in [6.45, 7) is 2.58. The Balaban J connectivity index is 1.53. The van der Waals surface area contributed by atoms with E-state index in [0.717, 1.165) is 36.9 Å². The summed E-state index contributed by atoms with van der Waals surface area (Å²) in [4.78, 5) is 35.2. The van der Waals surface area contributed by atoms with Crippen LogP contribution in [0.2, 0.25) is 10.2 Å². The number of benzene rings is 1. The molecule has 0 radical (unpaired) electrons. The van der Waals surface area contributed by atoms with Gasteiger partial charge in [0, 0.05) is 35.3 Å². The topological polar surface area (TPSA) is 108 Å². The van der Waals surface area contributed by atoms with Gasteiger partial charge in [-0.05, 0) is 55.2 Å². The zero-order valence-electron chi connectivity index (χ0n) is 20.8. The van der Waals surface area contributed by atoms with Crippen molar-refractivity contribution in [3.63, 3.8) is 0 Å². The lowest BCUT2D eigenvalue weighted by atomic mass is 9.98. The monoisotopic (exact) mass is 551 g/mol. The van der Waals surface area contributed by atoms with Gasteiger partial charge in [0.15, 0.2) is 5.15 Å². The van der Waals surface area contributed by atoms with Gasteiger partial charge in [0.1, 0.15) is 0 Å². The van der Waals surface area contributed by atoms with E-state index in [4.69, 9.17) is 23.2 Å². The third-order valence-electron chi connectivity index (χ3n) is 6.75. The summed E-state index contributed by atoms with van der Waals surface area (Å²) in [5, 5.41) is 11.7. The number of carbonyl (C=O) groups excluding carboxylic acids is 1. The maximum absolute atomic E-state index is 13.5. The van der Waals surface area contributed by atoms with Crippen LogP contribution in [0.15, 0.2) is 59.9 Å². The number of halogens is 2. The Bertz CT molecular complexity index is 1520. The van der Waals surface area contributed by atoms with Crippen LogP contribution in [0.1, 0.15) is 49.9 Å². The van der Waals surface area contributed by atoms with E-state index in [2.05, 4.69) is 25.6 Å². The van der Waals surface area contributed by atoms with Crippen LogP contribution in [-0.2, 0) is 11.2 Å². The second-order valence-corrected chi connectivity index (χ2v) is 10.3. The van der Waals surface area contributed by atoms with Crippen molar-refractivity contribution < 1.29 is 4.79 Å². The summed E-state index contributed by atoms with van der Waals surface area (Å²) >= 11 is 12.3. The SMILES string of the molecule is C[C@H]1Cc2ccnc(c2)[C@@H](n2cnc(-c3cc(Cl)ccc3-n3cc(Cl)nn3)cc2=O)CCCCCNC1=O. The zero-order chi connectivity index (χ0) is 26.6. The number of pyridine rings is 1. The molecule has 0 saturated carbocycles. The summed E-state index contributed by atoms with van der Waals surface area (Å²) in [6.07, 6.45) is 8.90. The first-order valence-electron chi connectivity index (χ1n) is 12.6. The summed E-state index contributed by atoms with van der Waals surface area (Å²) < 4.78 is 3.16. The van der Waals surface area contributed by atoms with Crippen LogP contribution in [0, 0.1) is 5.92 Å². The number of nitrogens with one attached hydrogen (secondary N) is 1. The molecule has 0 aliphatic carbocycles. The summed E-state index contributed by atoms with van der Waals surface area (Å²) in [6, 6.07) is 10.4. The van der Waals surface area contributed by atoms with E-state index < -0.39 is 0 Å². The molecule has 1 aliphatic heterocycles. The lowest BCUT2D eigenvalue weighted by molar-refractivity contribution is -0.124. The fourth-order valence-corrected chi connectivity index (χ4v) is 5.07. The summed E-state index contributed by atoms with van der Waals surface area (Å²) in [5.41, 5.74) is 3.32. The lowest BCUT2D eigenvalue weighted by Gasteiger charge is -2.20. The highest BCUT2D eigenvalue weighted by molar-refractivity contribution is 6.31. The third kappa shape index (κ3) is 5.79. The van der Waals surface area contributed by atoms with Crippen LogP contribution < -0.4 is 10.9 Å². The number of amides is 1. The predicted octanol–water partition coefficient (Wildman–Crippen LogP) is 4.65. The number of fused-ring (bicyclic) bond motifs is 2. The maximum Gasteiger partial charge on any atom is 0.254 e. The van der Waals surface area contributed by atoms with E-state index in [-0.39, 0.29) is 28.6 Å². The summed E-state index contributed by atoms with van der Waals surface area (Å²) in [7, 11) is 0. The van der Waals surface area contributed by atoms with Crippen molar-refractivity contribution in [3.8, 4) is 16.9 Å². The van der Waals surface area contributed by atoms with Crippen LogP contribution in [0.4, 0.5) is 0 Å². The van der Waals surface area contributed by atoms with Crippen molar-refractivity contribution >= 4 is 29.1 Å². The van der Waals surface area contributed by atoms with Crippen molar-refractivity contribution in [2.75, 3.05) is 6.54 Å². The number of rotatable bonds is 3. The largest absolute Gasteiger partial charge is 0.356 e. The highest BCUT2D eigenvalue weighted by Crippen LogP contribution is 2.29. The quantitative estimate of drug-likeness (QED) is 0.397. The van der Waals surface area contributed by atoms with Crippen molar-refractivity contribution in [1.82, 2.24) is 34.8 Å². The Labute approximate surface area is 229 Å². The van der Waals surface area contributed by atoms with E-state index in [9.17, 15) is 9.59 Å². The molecule has 4 aromatic rings. The first-order chi connectivity index (χ1) is 18.4. The summed E-state index contributed by atoms with van der Waals surface area (Å²) in [5.74, 6) is -0.0939. The van der Waals surface area contributed by atoms with Gasteiger partial charge in [0.2, 0.25) is 5.91 Å². The van der Waals surface area contributed by atoms with Crippen LogP contribution in [0.3, 0.4) is 0 Å². The molecule has 0 unspecified atom stereocenters. The number of hydrogen-bond donors (Lipinski definition) is 1. The first kappa shape index (κ1) is 26.1. The van der Waals surface area contributed by atoms with Crippen LogP contribution >= 0.6 is 23.2 Å². The maximum atomic E-state index is 13.5. The normalized spacial score (nSPS) is 18.7. The molecular weight excluding hydrogens is 525 g/mol. The van der Waals surface area contributed by atoms with Gasteiger partial charge in [-0.25, -0.2) is 9.67 Å². The molecule has 0 spiro atoms. The van der Waals surface area contributed by atoms with Crippen LogP contribution in [0.25, 0.3) is 16.9 Å². The number of carbonyl (C=O) groups is 1. The highest BCUT2D eigenvalue weighted by Gasteiger charge is 2.21. The smallest absolute Gasteiger partial charge is 0.254 e. The van der Waals surface area contributed by atoms with E-state index in [1.807, 2.05) is 19.1 Å². The minimum atomic E-state index is -0.281. The number of nitrogens with zero attached hydrogens (tertiary/aromatic N) is 6. The average Bonchev–Trinajstić information content (AvgIpc) is 3.34. The zero-order valence-corrected chi connectivity index (χ0v) is 22.4. The molecule has 1 aliphatic rings. The van der Waals surface area contributed by atoms with Crippen molar-refractivity contribution in [2.24, 2.45) is 5.92 Å². The Morgan fingerprint density at radius 1 is 1.03 bits per heavy atom. The molecule has 11 heteroatoms. The minimum Gasteiger partial charge on any atom is -0.356 e. The van der Waals surface area contributed by atoms with Crippen LogP contribution in [0.5, 0.6) is 0 Å². The Morgan fingerprint density at radius 3 is 2.68 bits per heavy atom. The van der Waals surface area contributed by atoms with E-state index in [0.29, 0.717) is 34.9 Å². The fraction of sp³-hybridized carbons (Fsp3) is 0.333. The van der Waals surface area contributed by atoms with Gasteiger partial charge in [0.05, 0.1) is 35.6 Å². The molecular formula is C27H27Cl2N7O2. The fourth-order valence-electron chi connectivity index (χ4n) is 4.77. The molecule has 2 atom stereocenters. The van der Waals surface area contributed by atoms with E-state index in [1.165, 1.54) is 10.7 Å². The minimum absolute atomic E-state index is 0.0590. The van der Waals surface area contributed by atoms with Crippen molar-refractivity contribution in [1.29, 1.82) is 0 Å². The van der Waals surface area contributed by atoms with E-state index >= 15 is 0 Å². The first-order valence-corrected chi connectivity index (χ1v) is 13.3. The Hall–Kier alpha value is -3.56. The molecule has 1 N–H and O–H groups in total. The standard InChI is InChI=1S/C27H27Cl2N7O2/c1-17-11-18-8-10-30-22(12-18)24(5-3-2-4-9-31-27(17)38)35-16-32-21(14-26(35)37)20-13-19(28)6-7-23(20)36-15-25(29)33-34-36/h6-8,10,12-17,24H,2-5,9,11H2,1H3,(H,31,38)/t17-,24-/m0/s1. The average molecular weight is 552 g/mol. The molecule has 1 aromatic carbocycles. The second kappa shape index (κ2) is 11.4. The molecule has 5 rings (SSSR count). The van der Waals surface area contributed by atoms with Crippen molar-refractivity contribution in [2.45, 2.75) is 45.1 Å². The Morgan fingerprint density at radius 2 is 1.89 bits per heavy atom. The molecule has 38 heavy (non-hydrogen) atoms. The Kier molecular flexibility index (Phi) is 7.85. The second-order valence-electron chi connectivity index (χ2n) is 9.52. The number of aromatic nitrogens is 6. The van der Waals surface area contributed by atoms with Crippen molar-refractivity contribution in [3.05, 3.63) is 86.9 Å².